The van der Waals surface area contributed by atoms with Gasteiger partial charge in [0.25, 0.3) is 0 Å². The molecule has 0 N–H and O–H groups in total. The van der Waals surface area contributed by atoms with E-state index in [9.17, 15) is 8.42 Å². The minimum atomic E-state index is -3.29. The van der Waals surface area contributed by atoms with Crippen LogP contribution in [0.2, 0.25) is 5.32 Å². The zero-order chi connectivity index (χ0) is 21.7. The van der Waals surface area contributed by atoms with Gasteiger partial charge in [-0.1, -0.05) is 0 Å². The van der Waals surface area contributed by atoms with Crippen molar-refractivity contribution in [1.82, 2.24) is 4.90 Å². The van der Waals surface area contributed by atoms with Crippen molar-refractivity contribution in [2.75, 3.05) is 18.8 Å². The first-order valence-corrected chi connectivity index (χ1v) is 14.5. The second-order valence-corrected chi connectivity index (χ2v) is 12.7. The van der Waals surface area contributed by atoms with Crippen LogP contribution in [-0.4, -0.2) is 47.1 Å². The Morgan fingerprint density at radius 1 is 0.839 bits per heavy atom. The van der Waals surface area contributed by atoms with E-state index in [0.29, 0.717) is 25.8 Å². The monoisotopic (exact) mass is 499 g/mol. The molecule has 0 radical (unpaired) electrons. The van der Waals surface area contributed by atoms with Crippen LogP contribution in [0.3, 0.4) is 0 Å². The van der Waals surface area contributed by atoms with Crippen LogP contribution >= 0.6 is 0 Å². The molecule has 3 aromatic carbocycles. The van der Waals surface area contributed by atoms with Crippen molar-refractivity contribution in [1.29, 1.82) is 0 Å². The summed E-state index contributed by atoms with van der Waals surface area (Å²) in [6.45, 7) is 4.68. The molecule has 0 amide bonds. The molecule has 31 heavy (non-hydrogen) atoms. The van der Waals surface area contributed by atoms with Crippen molar-refractivity contribution >= 4 is 29.3 Å². The van der Waals surface area contributed by atoms with Gasteiger partial charge in [-0.05, 0) is 0 Å². The number of hydrogen-bond donors (Lipinski definition) is 0. The zero-order valence-corrected chi connectivity index (χ0v) is 20.4. The molecule has 1 fully saturated rings. The van der Waals surface area contributed by atoms with E-state index in [-0.39, 0.29) is 11.7 Å². The topological polar surface area (TPSA) is 37.4 Å². The van der Waals surface area contributed by atoms with E-state index < -0.39 is 9.84 Å². The van der Waals surface area contributed by atoms with Gasteiger partial charge in [-0.15, -0.1) is 0 Å². The molecule has 5 heteroatoms. The Morgan fingerprint density at radius 2 is 1.45 bits per heavy atom. The number of likely N-dealkylation sites (tertiary alicyclic amines) is 1. The van der Waals surface area contributed by atoms with Crippen molar-refractivity contribution in [2.45, 2.75) is 23.7 Å². The summed E-state index contributed by atoms with van der Waals surface area (Å²) >= 11 is 0.362. The van der Waals surface area contributed by atoms with E-state index in [1.807, 2.05) is 31.2 Å². The summed E-state index contributed by atoms with van der Waals surface area (Å²) in [5.41, 5.74) is 2.37. The van der Waals surface area contributed by atoms with E-state index in [1.165, 1.54) is 10.0 Å². The Bertz CT molecular complexity index is 1070. The summed E-state index contributed by atoms with van der Waals surface area (Å²) in [6, 6.07) is 28.4. The standard InChI is InChI=1S/C26H29NO2SSe/c1-21-12-14-25(15-13-21)30(28,29)19-23-17-27(16-22-8-4-2-5-9-22)18-24(23)20-31-26-10-6-3-7-11-26/h2-15,23-24H,16-20H2,1H3/t23-,24+/m1/s1. The van der Waals surface area contributed by atoms with E-state index in [2.05, 4.69) is 53.4 Å². The maximum absolute atomic E-state index is 13.2. The van der Waals surface area contributed by atoms with E-state index in [1.54, 1.807) is 12.1 Å². The molecule has 0 saturated carbocycles. The molecule has 1 aliphatic heterocycles. The first-order valence-electron chi connectivity index (χ1n) is 10.7. The molecule has 0 unspecified atom stereocenters. The van der Waals surface area contributed by atoms with Crippen LogP contribution in [0.5, 0.6) is 0 Å². The number of hydrogen-bond acceptors (Lipinski definition) is 3. The summed E-state index contributed by atoms with van der Waals surface area (Å²) in [7, 11) is -3.29. The first-order chi connectivity index (χ1) is 15.0. The molecular weight excluding hydrogens is 469 g/mol. The summed E-state index contributed by atoms with van der Waals surface area (Å²) in [5.74, 6) is 0.807. The fraction of sp³-hybridized carbons (Fsp3) is 0.308. The number of aryl methyl sites for hydroxylation is 1. The molecule has 3 aromatic rings. The minimum absolute atomic E-state index is 0.167. The van der Waals surface area contributed by atoms with Gasteiger partial charge in [0.2, 0.25) is 0 Å². The zero-order valence-electron chi connectivity index (χ0n) is 17.9. The number of sulfone groups is 1. The Labute approximate surface area is 192 Å². The Balaban J connectivity index is 1.49. The van der Waals surface area contributed by atoms with Gasteiger partial charge in [-0.3, -0.25) is 0 Å². The van der Waals surface area contributed by atoms with Crippen molar-refractivity contribution < 1.29 is 8.42 Å². The third-order valence-electron chi connectivity index (χ3n) is 5.92. The van der Waals surface area contributed by atoms with Gasteiger partial charge in [0.05, 0.1) is 0 Å². The number of nitrogens with zero attached hydrogens (tertiary/aromatic N) is 1. The average Bonchev–Trinajstić information content (AvgIpc) is 3.14. The molecule has 2 atom stereocenters. The van der Waals surface area contributed by atoms with Gasteiger partial charge in [0.1, 0.15) is 0 Å². The van der Waals surface area contributed by atoms with Crippen LogP contribution in [0, 0.1) is 18.8 Å². The van der Waals surface area contributed by atoms with Gasteiger partial charge >= 0.3 is 193 Å². The number of rotatable bonds is 8. The molecule has 1 aliphatic rings. The molecule has 1 heterocycles. The molecule has 3 nitrogen and oxygen atoms in total. The molecule has 0 bridgehead atoms. The first kappa shape index (κ1) is 22.3. The van der Waals surface area contributed by atoms with Crippen molar-refractivity contribution in [3.8, 4) is 0 Å². The van der Waals surface area contributed by atoms with Crippen LogP contribution in [0.25, 0.3) is 0 Å². The van der Waals surface area contributed by atoms with Crippen LogP contribution in [0.1, 0.15) is 11.1 Å². The Morgan fingerprint density at radius 3 is 2.13 bits per heavy atom. The molecular formula is C26H29NO2SSe. The predicted octanol–water partition coefficient (Wildman–Crippen LogP) is 3.96. The molecule has 4 rings (SSSR count). The molecule has 0 spiro atoms. The average molecular weight is 499 g/mol. The van der Waals surface area contributed by atoms with Gasteiger partial charge in [0, 0.05) is 0 Å². The van der Waals surface area contributed by atoms with E-state index >= 15 is 0 Å². The van der Waals surface area contributed by atoms with Gasteiger partial charge < -0.3 is 0 Å². The normalized spacial score (nSPS) is 19.5. The third-order valence-corrected chi connectivity index (χ3v) is 10.3. The second-order valence-electron chi connectivity index (χ2n) is 8.42. The van der Waals surface area contributed by atoms with Gasteiger partial charge in [-0.2, -0.15) is 0 Å². The number of benzene rings is 3. The summed E-state index contributed by atoms with van der Waals surface area (Å²) in [4.78, 5) is 2.89. The molecule has 0 aromatic heterocycles. The SMILES string of the molecule is Cc1ccc(S(=O)(=O)C[C@H]2CN(Cc3ccccc3)C[C@H]2C[Se]c2ccccc2)cc1. The van der Waals surface area contributed by atoms with Crippen molar-refractivity contribution in [2.24, 2.45) is 11.8 Å². The fourth-order valence-corrected chi connectivity index (χ4v) is 8.29. The van der Waals surface area contributed by atoms with Crippen LogP contribution in [0.15, 0.2) is 89.8 Å². The van der Waals surface area contributed by atoms with Crippen LogP contribution in [-0.2, 0) is 16.4 Å². The predicted molar refractivity (Wildman–Crippen MR) is 129 cm³/mol. The third kappa shape index (κ3) is 6.08. The van der Waals surface area contributed by atoms with Crippen LogP contribution in [0.4, 0.5) is 0 Å². The Hall–Kier alpha value is -1.91. The molecule has 162 valence electrons. The Kier molecular flexibility index (Phi) is 7.29. The summed E-state index contributed by atoms with van der Waals surface area (Å²) in [6.07, 6.45) is 0. The summed E-state index contributed by atoms with van der Waals surface area (Å²) in [5, 5.41) is 1.08. The quantitative estimate of drug-likeness (QED) is 0.442. The molecule has 0 aliphatic carbocycles. The van der Waals surface area contributed by atoms with E-state index in [0.717, 1.165) is 30.5 Å². The molecule has 1 saturated heterocycles. The fourth-order valence-electron chi connectivity index (χ4n) is 4.23. The van der Waals surface area contributed by atoms with Gasteiger partial charge in [-0.25, -0.2) is 0 Å². The van der Waals surface area contributed by atoms with Crippen LogP contribution < -0.4 is 4.46 Å². The van der Waals surface area contributed by atoms with Gasteiger partial charge in [0.15, 0.2) is 0 Å². The maximum atomic E-state index is 13.2. The van der Waals surface area contributed by atoms with Crippen molar-refractivity contribution in [3.05, 3.63) is 96.1 Å². The van der Waals surface area contributed by atoms with E-state index in [4.69, 9.17) is 0 Å². The summed E-state index contributed by atoms with van der Waals surface area (Å²) < 4.78 is 27.7. The van der Waals surface area contributed by atoms with Crippen molar-refractivity contribution in [3.63, 3.8) is 0 Å². The second kappa shape index (κ2) is 10.1.